The molecule has 3 aromatic rings. The van der Waals surface area contributed by atoms with E-state index >= 15 is 0 Å². The molecule has 1 N–H and O–H groups in total. The highest BCUT2D eigenvalue weighted by atomic mass is 35.5. The Kier molecular flexibility index (Phi) is 2.77. The normalized spacial score (nSPS) is 11.2. The molecule has 0 saturated heterocycles. The average Bonchev–Trinajstić information content (AvgIpc) is 2.95. The van der Waals surface area contributed by atoms with Crippen LogP contribution in [0.1, 0.15) is 0 Å². The molecule has 0 aromatic carbocycles. The zero-order valence-electron chi connectivity index (χ0n) is 9.38. The number of furan rings is 1. The van der Waals surface area contributed by atoms with Crippen molar-refractivity contribution in [3.05, 3.63) is 35.7 Å². The molecule has 6 heteroatoms. The number of rotatable bonds is 3. The Hall–Kier alpha value is -1.85. The van der Waals surface area contributed by atoms with Crippen LogP contribution < -0.4 is 0 Å². The maximum absolute atomic E-state index is 9.14. The van der Waals surface area contributed by atoms with Gasteiger partial charge in [0.2, 0.25) is 0 Å². The molecule has 0 aliphatic rings. The van der Waals surface area contributed by atoms with Crippen molar-refractivity contribution in [3.63, 3.8) is 0 Å². The number of fused-ring (bicyclic) bond motifs is 1. The minimum absolute atomic E-state index is 0.00345. The maximum Gasteiger partial charge on any atom is 0.194 e. The highest BCUT2D eigenvalue weighted by molar-refractivity contribution is 6.28. The minimum Gasteiger partial charge on any atom is -0.441 e. The van der Waals surface area contributed by atoms with Crippen LogP contribution in [0.3, 0.4) is 0 Å². The summed E-state index contributed by atoms with van der Waals surface area (Å²) in [6.07, 6.45) is 1.69. The molecule has 5 nitrogen and oxygen atoms in total. The van der Waals surface area contributed by atoms with E-state index in [1.165, 1.54) is 0 Å². The van der Waals surface area contributed by atoms with E-state index in [1.54, 1.807) is 18.3 Å². The van der Waals surface area contributed by atoms with Gasteiger partial charge in [0, 0.05) is 12.7 Å². The van der Waals surface area contributed by atoms with Crippen LogP contribution >= 0.6 is 11.6 Å². The van der Waals surface area contributed by atoms with Gasteiger partial charge in [-0.1, -0.05) is 0 Å². The van der Waals surface area contributed by atoms with Gasteiger partial charge >= 0.3 is 0 Å². The van der Waals surface area contributed by atoms with E-state index in [1.807, 2.05) is 16.7 Å². The molecule has 0 bridgehead atoms. The van der Waals surface area contributed by atoms with E-state index in [-0.39, 0.29) is 6.61 Å². The van der Waals surface area contributed by atoms with Crippen LogP contribution in [-0.2, 0) is 6.54 Å². The van der Waals surface area contributed by atoms with Crippen molar-refractivity contribution in [2.75, 3.05) is 6.61 Å². The molecule has 0 atom stereocenters. The number of imidazole rings is 1. The van der Waals surface area contributed by atoms with Crippen molar-refractivity contribution in [3.8, 4) is 11.6 Å². The molecular formula is C12H10ClN3O2. The molecule has 0 spiro atoms. The van der Waals surface area contributed by atoms with Crippen LogP contribution in [0.5, 0.6) is 0 Å². The van der Waals surface area contributed by atoms with E-state index in [0.29, 0.717) is 29.0 Å². The fourth-order valence-corrected chi connectivity index (χ4v) is 2.04. The fraction of sp³-hybridized carbons (Fsp3) is 0.167. The van der Waals surface area contributed by atoms with Gasteiger partial charge in [0.05, 0.1) is 6.61 Å². The lowest BCUT2D eigenvalue weighted by Crippen LogP contribution is -2.04. The summed E-state index contributed by atoms with van der Waals surface area (Å²) in [5, 5.41) is 9.45. The number of aromatic nitrogens is 3. The summed E-state index contributed by atoms with van der Waals surface area (Å²) in [5.74, 6) is 1.18. The molecule has 0 saturated carbocycles. The van der Waals surface area contributed by atoms with Gasteiger partial charge in [-0.05, 0) is 35.9 Å². The number of pyridine rings is 1. The second-order valence-corrected chi connectivity index (χ2v) is 4.13. The highest BCUT2D eigenvalue weighted by Gasteiger charge is 2.15. The standard InChI is InChI=1S/C12H10ClN3O2/c13-10-4-3-9(18-10)12-15-8-2-1-5-14-11(8)16(12)6-7-17/h1-5,17H,6-7H2. The van der Waals surface area contributed by atoms with E-state index in [2.05, 4.69) is 9.97 Å². The number of halogens is 1. The zero-order valence-corrected chi connectivity index (χ0v) is 10.1. The molecule has 0 amide bonds. The molecular weight excluding hydrogens is 254 g/mol. The summed E-state index contributed by atoms with van der Waals surface area (Å²) in [5.41, 5.74) is 1.47. The Morgan fingerprint density at radius 2 is 2.22 bits per heavy atom. The summed E-state index contributed by atoms with van der Waals surface area (Å²) in [6.45, 7) is 0.407. The number of hydrogen-bond donors (Lipinski definition) is 1. The topological polar surface area (TPSA) is 64.1 Å². The summed E-state index contributed by atoms with van der Waals surface area (Å²) < 4.78 is 7.17. The van der Waals surface area contributed by atoms with Crippen LogP contribution in [0, 0.1) is 0 Å². The molecule has 92 valence electrons. The summed E-state index contributed by atoms with van der Waals surface area (Å²) >= 11 is 5.77. The first-order valence-corrected chi connectivity index (χ1v) is 5.85. The van der Waals surface area contributed by atoms with Gasteiger partial charge in [-0.25, -0.2) is 9.97 Å². The van der Waals surface area contributed by atoms with Crippen LogP contribution in [0.15, 0.2) is 34.9 Å². The molecule has 0 radical (unpaired) electrons. The minimum atomic E-state index is 0.00345. The lowest BCUT2D eigenvalue weighted by Gasteiger charge is -2.03. The molecule has 3 aromatic heterocycles. The van der Waals surface area contributed by atoms with Crippen molar-refractivity contribution in [1.29, 1.82) is 0 Å². The van der Waals surface area contributed by atoms with Crippen molar-refractivity contribution >= 4 is 22.8 Å². The maximum atomic E-state index is 9.14. The SMILES string of the molecule is OCCn1c(-c2ccc(Cl)o2)nc2cccnc21. The Morgan fingerprint density at radius 3 is 2.94 bits per heavy atom. The summed E-state index contributed by atoms with van der Waals surface area (Å²) in [6, 6.07) is 7.09. The van der Waals surface area contributed by atoms with Gasteiger partial charge in [-0.2, -0.15) is 0 Å². The van der Waals surface area contributed by atoms with Crippen LogP contribution in [0.4, 0.5) is 0 Å². The molecule has 0 aliphatic carbocycles. The second-order valence-electron chi connectivity index (χ2n) is 3.76. The number of aliphatic hydroxyl groups excluding tert-OH is 1. The van der Waals surface area contributed by atoms with E-state index in [9.17, 15) is 0 Å². The predicted molar refractivity (Wildman–Crippen MR) is 67.3 cm³/mol. The van der Waals surface area contributed by atoms with E-state index in [4.69, 9.17) is 21.1 Å². The van der Waals surface area contributed by atoms with Crippen molar-refractivity contribution < 1.29 is 9.52 Å². The van der Waals surface area contributed by atoms with Crippen molar-refractivity contribution in [2.24, 2.45) is 0 Å². The molecule has 18 heavy (non-hydrogen) atoms. The summed E-state index contributed by atoms with van der Waals surface area (Å²) in [4.78, 5) is 8.72. The van der Waals surface area contributed by atoms with Gasteiger partial charge in [-0.3, -0.25) is 0 Å². The third-order valence-electron chi connectivity index (χ3n) is 2.62. The van der Waals surface area contributed by atoms with Gasteiger partial charge in [0.1, 0.15) is 5.52 Å². The lowest BCUT2D eigenvalue weighted by molar-refractivity contribution is 0.278. The smallest absolute Gasteiger partial charge is 0.194 e. The Bertz CT molecular complexity index is 690. The first-order valence-electron chi connectivity index (χ1n) is 5.47. The fourth-order valence-electron chi connectivity index (χ4n) is 1.89. The molecule has 0 unspecified atom stereocenters. The van der Waals surface area contributed by atoms with Gasteiger partial charge in [0.25, 0.3) is 0 Å². The number of aliphatic hydroxyl groups is 1. The monoisotopic (exact) mass is 263 g/mol. The average molecular weight is 264 g/mol. The Balaban J connectivity index is 2.24. The lowest BCUT2D eigenvalue weighted by atomic mass is 10.4. The molecule has 3 heterocycles. The third-order valence-corrected chi connectivity index (χ3v) is 2.82. The predicted octanol–water partition coefficient (Wildman–Crippen LogP) is 2.34. The molecule has 0 fully saturated rings. The quantitative estimate of drug-likeness (QED) is 0.788. The number of nitrogens with zero attached hydrogens (tertiary/aromatic N) is 3. The van der Waals surface area contributed by atoms with E-state index < -0.39 is 0 Å². The first-order chi connectivity index (χ1) is 8.79. The highest BCUT2D eigenvalue weighted by Crippen LogP contribution is 2.26. The second kappa shape index (κ2) is 4.44. The van der Waals surface area contributed by atoms with Gasteiger partial charge in [-0.15, -0.1) is 0 Å². The number of hydrogen-bond acceptors (Lipinski definition) is 4. The van der Waals surface area contributed by atoms with Crippen molar-refractivity contribution in [2.45, 2.75) is 6.54 Å². The Labute approximate surface area is 108 Å². The molecule has 3 rings (SSSR count). The van der Waals surface area contributed by atoms with Crippen LogP contribution in [-0.4, -0.2) is 26.2 Å². The van der Waals surface area contributed by atoms with Crippen molar-refractivity contribution in [1.82, 2.24) is 14.5 Å². The van der Waals surface area contributed by atoms with E-state index in [0.717, 1.165) is 5.52 Å². The van der Waals surface area contributed by atoms with Crippen LogP contribution in [0.25, 0.3) is 22.7 Å². The third kappa shape index (κ3) is 1.77. The van der Waals surface area contributed by atoms with Gasteiger partial charge in [0.15, 0.2) is 22.5 Å². The molecule has 0 aliphatic heterocycles. The van der Waals surface area contributed by atoms with Gasteiger partial charge < -0.3 is 14.1 Å². The first kappa shape index (κ1) is 11.3. The summed E-state index contributed by atoms with van der Waals surface area (Å²) in [7, 11) is 0. The van der Waals surface area contributed by atoms with Crippen LogP contribution in [0.2, 0.25) is 5.22 Å². The Morgan fingerprint density at radius 1 is 1.33 bits per heavy atom. The zero-order chi connectivity index (χ0) is 12.5. The largest absolute Gasteiger partial charge is 0.441 e.